The van der Waals surface area contributed by atoms with Gasteiger partial charge in [0.05, 0.1) is 5.69 Å². The SMILES string of the molecule is Cc1cccc(-n2nnnc2SCCCCCO)c1. The predicted octanol–water partition coefficient (Wildman–Crippen LogP) is 2.23. The number of nitrogens with zero attached hydrogens (tertiary/aromatic N) is 4. The Labute approximate surface area is 117 Å². The van der Waals surface area contributed by atoms with E-state index in [2.05, 4.69) is 34.6 Å². The fourth-order valence-electron chi connectivity index (χ4n) is 1.74. The molecule has 0 radical (unpaired) electrons. The third-order valence-electron chi connectivity index (χ3n) is 2.72. The second-order valence-electron chi connectivity index (χ2n) is 4.34. The van der Waals surface area contributed by atoms with E-state index in [1.807, 2.05) is 12.1 Å². The van der Waals surface area contributed by atoms with Gasteiger partial charge in [0, 0.05) is 12.4 Å². The van der Waals surface area contributed by atoms with Crippen molar-refractivity contribution in [3.8, 4) is 5.69 Å². The highest BCUT2D eigenvalue weighted by Crippen LogP contribution is 2.20. The number of tetrazole rings is 1. The molecule has 0 aliphatic heterocycles. The van der Waals surface area contributed by atoms with Crippen molar-refractivity contribution < 1.29 is 5.11 Å². The van der Waals surface area contributed by atoms with E-state index < -0.39 is 0 Å². The number of aryl methyl sites for hydroxylation is 1. The maximum atomic E-state index is 8.73. The molecule has 19 heavy (non-hydrogen) atoms. The van der Waals surface area contributed by atoms with Crippen molar-refractivity contribution >= 4 is 11.8 Å². The van der Waals surface area contributed by atoms with E-state index in [0.717, 1.165) is 35.9 Å². The molecule has 2 aromatic rings. The molecular weight excluding hydrogens is 260 g/mol. The van der Waals surface area contributed by atoms with Gasteiger partial charge in [-0.1, -0.05) is 30.3 Å². The first kappa shape index (κ1) is 14.0. The number of unbranched alkanes of at least 4 members (excludes halogenated alkanes) is 2. The lowest BCUT2D eigenvalue weighted by Gasteiger charge is -2.04. The quantitative estimate of drug-likeness (QED) is 0.621. The number of rotatable bonds is 7. The summed E-state index contributed by atoms with van der Waals surface area (Å²) in [5.41, 5.74) is 2.18. The van der Waals surface area contributed by atoms with E-state index in [1.54, 1.807) is 16.4 Å². The molecule has 1 aromatic carbocycles. The van der Waals surface area contributed by atoms with Crippen molar-refractivity contribution in [1.82, 2.24) is 20.2 Å². The second-order valence-corrected chi connectivity index (χ2v) is 5.41. The van der Waals surface area contributed by atoms with E-state index in [4.69, 9.17) is 5.11 Å². The normalized spacial score (nSPS) is 10.8. The average molecular weight is 278 g/mol. The van der Waals surface area contributed by atoms with Gasteiger partial charge in [0.1, 0.15) is 0 Å². The fourth-order valence-corrected chi connectivity index (χ4v) is 2.63. The Kier molecular flexibility index (Phi) is 5.35. The Morgan fingerprint density at radius 3 is 2.95 bits per heavy atom. The molecular formula is C13H18N4OS. The van der Waals surface area contributed by atoms with Gasteiger partial charge in [0.15, 0.2) is 0 Å². The van der Waals surface area contributed by atoms with E-state index >= 15 is 0 Å². The molecule has 1 N–H and O–H groups in total. The van der Waals surface area contributed by atoms with Gasteiger partial charge in [-0.2, -0.15) is 4.68 Å². The summed E-state index contributed by atoms with van der Waals surface area (Å²) in [6, 6.07) is 8.11. The summed E-state index contributed by atoms with van der Waals surface area (Å²) in [4.78, 5) is 0. The average Bonchev–Trinajstić information content (AvgIpc) is 2.87. The minimum absolute atomic E-state index is 0.270. The van der Waals surface area contributed by atoms with Crippen LogP contribution >= 0.6 is 11.8 Å². The smallest absolute Gasteiger partial charge is 0.214 e. The topological polar surface area (TPSA) is 63.8 Å². The Balaban J connectivity index is 1.98. The van der Waals surface area contributed by atoms with Crippen molar-refractivity contribution in [2.75, 3.05) is 12.4 Å². The van der Waals surface area contributed by atoms with Crippen molar-refractivity contribution in [3.63, 3.8) is 0 Å². The van der Waals surface area contributed by atoms with Crippen molar-refractivity contribution in [3.05, 3.63) is 29.8 Å². The van der Waals surface area contributed by atoms with Crippen LogP contribution in [-0.4, -0.2) is 37.7 Å². The zero-order chi connectivity index (χ0) is 13.5. The molecule has 0 saturated carbocycles. The van der Waals surface area contributed by atoms with Gasteiger partial charge >= 0.3 is 0 Å². The van der Waals surface area contributed by atoms with Gasteiger partial charge in [-0.05, 0) is 47.9 Å². The molecule has 1 heterocycles. The molecule has 0 fully saturated rings. The van der Waals surface area contributed by atoms with Gasteiger partial charge < -0.3 is 5.11 Å². The molecule has 0 saturated heterocycles. The lowest BCUT2D eigenvalue weighted by molar-refractivity contribution is 0.284. The fraction of sp³-hybridized carbons (Fsp3) is 0.462. The lowest BCUT2D eigenvalue weighted by atomic mass is 10.2. The summed E-state index contributed by atoms with van der Waals surface area (Å²) in [7, 11) is 0. The first-order valence-electron chi connectivity index (χ1n) is 6.40. The van der Waals surface area contributed by atoms with Crippen molar-refractivity contribution in [2.24, 2.45) is 0 Å². The summed E-state index contributed by atoms with van der Waals surface area (Å²) in [5.74, 6) is 0.964. The van der Waals surface area contributed by atoms with Gasteiger partial charge in [0.25, 0.3) is 0 Å². The minimum atomic E-state index is 0.270. The zero-order valence-corrected chi connectivity index (χ0v) is 11.8. The molecule has 1 aromatic heterocycles. The van der Waals surface area contributed by atoms with Crippen LogP contribution in [0.5, 0.6) is 0 Å². The number of aliphatic hydroxyl groups excluding tert-OH is 1. The Bertz CT molecular complexity index is 515. The van der Waals surface area contributed by atoms with Crippen LogP contribution in [-0.2, 0) is 0 Å². The summed E-state index contributed by atoms with van der Waals surface area (Å²) in [6.07, 6.45) is 2.96. The summed E-state index contributed by atoms with van der Waals surface area (Å²) in [6.45, 7) is 2.32. The number of benzene rings is 1. The predicted molar refractivity (Wildman–Crippen MR) is 75.6 cm³/mol. The molecule has 6 heteroatoms. The lowest BCUT2D eigenvalue weighted by Crippen LogP contribution is -1.99. The molecule has 0 unspecified atom stereocenters. The number of aromatic nitrogens is 4. The van der Waals surface area contributed by atoms with E-state index in [0.29, 0.717) is 0 Å². The standard InChI is InChI=1S/C13H18N4OS/c1-11-6-5-7-12(10-11)17-13(14-15-16-17)19-9-4-2-3-8-18/h5-7,10,18H,2-4,8-9H2,1H3. The number of hydrogen-bond donors (Lipinski definition) is 1. The Morgan fingerprint density at radius 1 is 1.26 bits per heavy atom. The van der Waals surface area contributed by atoms with Gasteiger partial charge in [0.2, 0.25) is 5.16 Å². The summed E-state index contributed by atoms with van der Waals surface area (Å²) < 4.78 is 1.77. The molecule has 0 bridgehead atoms. The van der Waals surface area contributed by atoms with Crippen LogP contribution in [0.1, 0.15) is 24.8 Å². The van der Waals surface area contributed by atoms with E-state index in [-0.39, 0.29) is 6.61 Å². The monoisotopic (exact) mass is 278 g/mol. The maximum absolute atomic E-state index is 8.73. The minimum Gasteiger partial charge on any atom is -0.396 e. The molecule has 0 amide bonds. The third kappa shape index (κ3) is 4.04. The van der Waals surface area contributed by atoms with Crippen LogP contribution in [0.3, 0.4) is 0 Å². The van der Waals surface area contributed by atoms with Crippen molar-refractivity contribution in [2.45, 2.75) is 31.3 Å². The molecule has 102 valence electrons. The van der Waals surface area contributed by atoms with Gasteiger partial charge in [-0.25, -0.2) is 0 Å². The van der Waals surface area contributed by atoms with Crippen LogP contribution in [0.2, 0.25) is 0 Å². The molecule has 2 rings (SSSR count). The molecule has 0 aliphatic carbocycles. The number of hydrogen-bond acceptors (Lipinski definition) is 5. The first-order valence-corrected chi connectivity index (χ1v) is 7.39. The van der Waals surface area contributed by atoms with Crippen LogP contribution in [0.15, 0.2) is 29.4 Å². The van der Waals surface area contributed by atoms with E-state index in [9.17, 15) is 0 Å². The second kappa shape index (κ2) is 7.25. The molecule has 0 aliphatic rings. The summed E-state index contributed by atoms with van der Waals surface area (Å²) in [5, 5.41) is 21.4. The number of aliphatic hydroxyl groups is 1. The van der Waals surface area contributed by atoms with Crippen LogP contribution in [0.25, 0.3) is 5.69 Å². The van der Waals surface area contributed by atoms with Crippen LogP contribution in [0, 0.1) is 6.92 Å². The zero-order valence-electron chi connectivity index (χ0n) is 11.0. The highest BCUT2D eigenvalue weighted by molar-refractivity contribution is 7.99. The third-order valence-corrected chi connectivity index (χ3v) is 3.73. The van der Waals surface area contributed by atoms with Crippen LogP contribution in [0.4, 0.5) is 0 Å². The summed E-state index contributed by atoms with van der Waals surface area (Å²) >= 11 is 1.65. The number of thioether (sulfide) groups is 1. The maximum Gasteiger partial charge on any atom is 0.214 e. The van der Waals surface area contributed by atoms with E-state index in [1.165, 1.54) is 5.56 Å². The van der Waals surface area contributed by atoms with Gasteiger partial charge in [-0.15, -0.1) is 5.10 Å². The highest BCUT2D eigenvalue weighted by Gasteiger charge is 2.08. The molecule has 5 nitrogen and oxygen atoms in total. The van der Waals surface area contributed by atoms with Crippen molar-refractivity contribution in [1.29, 1.82) is 0 Å². The molecule has 0 atom stereocenters. The Hall–Kier alpha value is -1.40. The largest absolute Gasteiger partial charge is 0.396 e. The van der Waals surface area contributed by atoms with Gasteiger partial charge in [-0.3, -0.25) is 0 Å². The molecule has 0 spiro atoms. The van der Waals surface area contributed by atoms with Crippen LogP contribution < -0.4 is 0 Å². The highest BCUT2D eigenvalue weighted by atomic mass is 32.2. The first-order chi connectivity index (χ1) is 9.31. The Morgan fingerprint density at radius 2 is 2.16 bits per heavy atom.